The van der Waals surface area contributed by atoms with E-state index in [2.05, 4.69) is 33.8 Å². The van der Waals surface area contributed by atoms with E-state index in [1.54, 1.807) is 12.5 Å². The standard InChI is InChI=1S/C22H19N3O2/c26-22(24-14-17-8-3-7-16-6-1-2-10-19(16)17)25-15-18-9-4-12-23-21(18)20-11-5-13-27-20/h1-13H,14-15H2,(H2,24,25,26). The summed E-state index contributed by atoms with van der Waals surface area (Å²) in [5.74, 6) is 0.684. The van der Waals surface area contributed by atoms with E-state index in [4.69, 9.17) is 4.42 Å². The summed E-state index contributed by atoms with van der Waals surface area (Å²) in [6.07, 6.45) is 3.32. The summed E-state index contributed by atoms with van der Waals surface area (Å²) in [5, 5.41) is 8.12. The van der Waals surface area contributed by atoms with Crippen molar-refractivity contribution in [2.75, 3.05) is 0 Å². The van der Waals surface area contributed by atoms with Crippen molar-refractivity contribution in [2.45, 2.75) is 13.1 Å². The number of hydrogen-bond donors (Lipinski definition) is 2. The second-order valence-electron chi connectivity index (χ2n) is 6.16. The van der Waals surface area contributed by atoms with Gasteiger partial charge in [0.25, 0.3) is 0 Å². The molecule has 2 N–H and O–H groups in total. The first-order chi connectivity index (χ1) is 13.3. The Morgan fingerprint density at radius 2 is 1.63 bits per heavy atom. The largest absolute Gasteiger partial charge is 0.463 e. The summed E-state index contributed by atoms with van der Waals surface area (Å²) in [6.45, 7) is 0.830. The van der Waals surface area contributed by atoms with Gasteiger partial charge in [-0.05, 0) is 34.5 Å². The van der Waals surface area contributed by atoms with Crippen LogP contribution in [0.3, 0.4) is 0 Å². The molecule has 0 fully saturated rings. The lowest BCUT2D eigenvalue weighted by atomic mass is 10.0. The van der Waals surface area contributed by atoms with Gasteiger partial charge in [0, 0.05) is 24.8 Å². The molecule has 0 aliphatic heterocycles. The van der Waals surface area contributed by atoms with Crippen molar-refractivity contribution >= 4 is 16.8 Å². The number of nitrogens with one attached hydrogen (secondary N) is 2. The zero-order valence-electron chi connectivity index (χ0n) is 14.7. The topological polar surface area (TPSA) is 67.2 Å². The molecule has 0 saturated carbocycles. The quantitative estimate of drug-likeness (QED) is 0.553. The van der Waals surface area contributed by atoms with Crippen LogP contribution in [-0.2, 0) is 13.1 Å². The lowest BCUT2D eigenvalue weighted by Crippen LogP contribution is -2.34. The van der Waals surface area contributed by atoms with Gasteiger partial charge in [0.1, 0.15) is 5.69 Å². The highest BCUT2D eigenvalue weighted by atomic mass is 16.3. The maximum atomic E-state index is 12.3. The fourth-order valence-electron chi connectivity index (χ4n) is 3.08. The molecule has 2 aromatic carbocycles. The lowest BCUT2D eigenvalue weighted by molar-refractivity contribution is 0.240. The third-order valence-electron chi connectivity index (χ3n) is 4.40. The SMILES string of the molecule is O=C(NCc1cccnc1-c1ccco1)NCc1cccc2ccccc12. The van der Waals surface area contributed by atoms with Gasteiger partial charge in [-0.25, -0.2) is 4.79 Å². The van der Waals surface area contributed by atoms with Gasteiger partial charge in [-0.2, -0.15) is 0 Å². The number of hydrogen-bond acceptors (Lipinski definition) is 3. The van der Waals surface area contributed by atoms with Crippen LogP contribution < -0.4 is 10.6 Å². The summed E-state index contributed by atoms with van der Waals surface area (Å²) in [4.78, 5) is 16.6. The summed E-state index contributed by atoms with van der Waals surface area (Å²) < 4.78 is 5.42. The molecule has 0 aliphatic carbocycles. The number of furan rings is 1. The Morgan fingerprint density at radius 1 is 0.852 bits per heavy atom. The van der Waals surface area contributed by atoms with Crippen LogP contribution in [-0.4, -0.2) is 11.0 Å². The number of rotatable bonds is 5. The molecule has 0 aliphatic rings. The zero-order chi connectivity index (χ0) is 18.5. The minimum absolute atomic E-state index is 0.225. The minimum Gasteiger partial charge on any atom is -0.463 e. The predicted octanol–water partition coefficient (Wildman–Crippen LogP) is 4.49. The molecule has 0 saturated heterocycles. The molecule has 4 rings (SSSR count). The van der Waals surface area contributed by atoms with Crippen LogP contribution in [0.25, 0.3) is 22.2 Å². The third-order valence-corrected chi connectivity index (χ3v) is 4.40. The van der Waals surface area contributed by atoms with E-state index in [-0.39, 0.29) is 6.03 Å². The number of nitrogens with zero attached hydrogens (tertiary/aromatic N) is 1. The molecule has 0 radical (unpaired) electrons. The third kappa shape index (κ3) is 3.82. The van der Waals surface area contributed by atoms with Gasteiger partial charge in [-0.3, -0.25) is 4.98 Å². The molecule has 2 amide bonds. The fraction of sp³-hybridized carbons (Fsp3) is 0.0909. The number of carbonyl (C=O) groups excluding carboxylic acids is 1. The van der Waals surface area contributed by atoms with Crippen LogP contribution in [0.2, 0.25) is 0 Å². The Hall–Kier alpha value is -3.60. The van der Waals surface area contributed by atoms with Crippen molar-refractivity contribution in [1.29, 1.82) is 0 Å². The van der Waals surface area contributed by atoms with Crippen LogP contribution in [0.15, 0.2) is 83.6 Å². The van der Waals surface area contributed by atoms with Gasteiger partial charge in [0.05, 0.1) is 6.26 Å². The van der Waals surface area contributed by atoms with Crippen LogP contribution in [0, 0.1) is 0 Å². The average molecular weight is 357 g/mol. The van der Waals surface area contributed by atoms with Crippen molar-refractivity contribution in [3.05, 3.63) is 90.3 Å². The van der Waals surface area contributed by atoms with Gasteiger partial charge in [-0.1, -0.05) is 48.5 Å². The van der Waals surface area contributed by atoms with E-state index in [1.807, 2.05) is 48.5 Å². The molecule has 0 atom stereocenters. The van der Waals surface area contributed by atoms with Crippen LogP contribution in [0.1, 0.15) is 11.1 Å². The summed E-state index contributed by atoms with van der Waals surface area (Å²) in [5.41, 5.74) is 2.71. The predicted molar refractivity (Wildman–Crippen MR) is 105 cm³/mol. The van der Waals surface area contributed by atoms with Crippen LogP contribution in [0.4, 0.5) is 4.79 Å². The van der Waals surface area contributed by atoms with Gasteiger partial charge in [0.15, 0.2) is 5.76 Å². The van der Waals surface area contributed by atoms with Crippen molar-refractivity contribution < 1.29 is 9.21 Å². The number of urea groups is 1. The van der Waals surface area contributed by atoms with Crippen molar-refractivity contribution in [2.24, 2.45) is 0 Å². The Morgan fingerprint density at radius 3 is 2.48 bits per heavy atom. The molecule has 0 unspecified atom stereocenters. The molecule has 2 aromatic heterocycles. The normalized spacial score (nSPS) is 10.7. The van der Waals surface area contributed by atoms with E-state index in [0.29, 0.717) is 18.8 Å². The molecule has 0 spiro atoms. The van der Waals surface area contributed by atoms with E-state index < -0.39 is 0 Å². The minimum atomic E-state index is -0.225. The zero-order valence-corrected chi connectivity index (χ0v) is 14.7. The van der Waals surface area contributed by atoms with Gasteiger partial charge in [0.2, 0.25) is 0 Å². The molecule has 4 aromatic rings. The lowest BCUT2D eigenvalue weighted by Gasteiger charge is -2.11. The summed E-state index contributed by atoms with van der Waals surface area (Å²) >= 11 is 0. The monoisotopic (exact) mass is 357 g/mol. The maximum absolute atomic E-state index is 12.3. The highest BCUT2D eigenvalue weighted by Gasteiger charge is 2.10. The molecule has 27 heavy (non-hydrogen) atoms. The summed E-state index contributed by atoms with van der Waals surface area (Å²) in [6, 6.07) is 21.5. The number of pyridine rings is 1. The Balaban J connectivity index is 1.40. The van der Waals surface area contributed by atoms with E-state index in [0.717, 1.165) is 27.6 Å². The van der Waals surface area contributed by atoms with E-state index in [9.17, 15) is 4.79 Å². The maximum Gasteiger partial charge on any atom is 0.315 e. The smallest absolute Gasteiger partial charge is 0.315 e. The number of benzene rings is 2. The Bertz CT molecular complexity index is 1050. The molecule has 5 nitrogen and oxygen atoms in total. The second kappa shape index (κ2) is 7.74. The van der Waals surface area contributed by atoms with Gasteiger partial charge < -0.3 is 15.1 Å². The van der Waals surface area contributed by atoms with Crippen LogP contribution in [0.5, 0.6) is 0 Å². The first-order valence-electron chi connectivity index (χ1n) is 8.77. The molecular formula is C22H19N3O2. The van der Waals surface area contributed by atoms with E-state index in [1.165, 1.54) is 0 Å². The van der Waals surface area contributed by atoms with Crippen molar-refractivity contribution in [1.82, 2.24) is 15.6 Å². The Kier molecular flexibility index (Phi) is 4.83. The molecule has 5 heteroatoms. The van der Waals surface area contributed by atoms with Gasteiger partial charge in [-0.15, -0.1) is 0 Å². The first kappa shape index (κ1) is 16.8. The summed E-state index contributed by atoms with van der Waals surface area (Å²) in [7, 11) is 0. The average Bonchev–Trinajstić information content (AvgIpc) is 3.25. The highest BCUT2D eigenvalue weighted by Crippen LogP contribution is 2.21. The first-order valence-corrected chi connectivity index (χ1v) is 8.77. The number of amides is 2. The van der Waals surface area contributed by atoms with Crippen molar-refractivity contribution in [3.8, 4) is 11.5 Å². The number of carbonyl (C=O) groups is 1. The Labute approximate surface area is 157 Å². The van der Waals surface area contributed by atoms with Crippen molar-refractivity contribution in [3.63, 3.8) is 0 Å². The molecule has 134 valence electrons. The second-order valence-corrected chi connectivity index (χ2v) is 6.16. The molecule has 2 heterocycles. The number of fused-ring (bicyclic) bond motifs is 1. The van der Waals surface area contributed by atoms with Gasteiger partial charge >= 0.3 is 6.03 Å². The highest BCUT2D eigenvalue weighted by molar-refractivity contribution is 5.86. The fourth-order valence-corrected chi connectivity index (χ4v) is 3.08. The molecule has 0 bridgehead atoms. The number of aromatic nitrogens is 1. The molecular weight excluding hydrogens is 338 g/mol. The van der Waals surface area contributed by atoms with Crippen LogP contribution >= 0.6 is 0 Å². The van der Waals surface area contributed by atoms with E-state index >= 15 is 0 Å².